The van der Waals surface area contributed by atoms with Crippen LogP contribution in [0.4, 0.5) is 0 Å². The summed E-state index contributed by atoms with van der Waals surface area (Å²) in [4.78, 5) is 22.5. The topological polar surface area (TPSA) is 76.7 Å². The van der Waals surface area contributed by atoms with Gasteiger partial charge in [-0.05, 0) is 13.8 Å². The number of ether oxygens (including phenoxy) is 1. The monoisotopic (exact) mass is 198 g/mol. The molecule has 0 saturated heterocycles. The molecule has 0 unspecified atom stereocenters. The van der Waals surface area contributed by atoms with Crippen molar-refractivity contribution < 1.29 is 19.1 Å². The van der Waals surface area contributed by atoms with Crippen LogP contribution in [-0.4, -0.2) is 17.7 Å². The molecule has 0 aliphatic rings. The van der Waals surface area contributed by atoms with Crippen molar-refractivity contribution in [3.63, 3.8) is 0 Å². The van der Waals surface area contributed by atoms with Crippen molar-refractivity contribution in [1.29, 1.82) is 0 Å². The second-order valence-corrected chi connectivity index (χ2v) is 2.60. The highest BCUT2D eigenvalue weighted by Gasteiger charge is 2.18. The van der Waals surface area contributed by atoms with E-state index in [0.29, 0.717) is 0 Å². The van der Waals surface area contributed by atoms with Crippen LogP contribution < -0.4 is 5.43 Å². The lowest BCUT2D eigenvalue weighted by molar-refractivity contribution is 0.0519. The van der Waals surface area contributed by atoms with Gasteiger partial charge in [0.1, 0.15) is 17.6 Å². The second-order valence-electron chi connectivity index (χ2n) is 2.60. The van der Waals surface area contributed by atoms with Gasteiger partial charge in [0, 0.05) is 0 Å². The predicted molar refractivity (Wildman–Crippen MR) is 47.3 cm³/mol. The summed E-state index contributed by atoms with van der Waals surface area (Å²) in [5.74, 6) is -1.25. The van der Waals surface area contributed by atoms with E-state index in [1.807, 2.05) is 0 Å². The molecule has 76 valence electrons. The normalized spacial score (nSPS) is 9.86. The van der Waals surface area contributed by atoms with Crippen LogP contribution in [0.2, 0.25) is 0 Å². The van der Waals surface area contributed by atoms with Crippen LogP contribution in [0.1, 0.15) is 23.0 Å². The van der Waals surface area contributed by atoms with Gasteiger partial charge in [-0.1, -0.05) is 0 Å². The predicted octanol–water partition coefficient (Wildman–Crippen LogP) is 0.831. The van der Waals surface area contributed by atoms with E-state index >= 15 is 0 Å². The van der Waals surface area contributed by atoms with E-state index < -0.39 is 17.1 Å². The summed E-state index contributed by atoms with van der Waals surface area (Å²) >= 11 is 0. The lowest BCUT2D eigenvalue weighted by Gasteiger charge is -2.03. The molecule has 1 rings (SSSR count). The maximum Gasteiger partial charge on any atom is 0.345 e. The maximum atomic E-state index is 11.3. The first-order valence-corrected chi connectivity index (χ1v) is 4.06. The second kappa shape index (κ2) is 3.95. The summed E-state index contributed by atoms with van der Waals surface area (Å²) < 4.78 is 9.42. The van der Waals surface area contributed by atoms with Gasteiger partial charge in [-0.25, -0.2) is 4.79 Å². The molecule has 0 bridgehead atoms. The number of esters is 1. The van der Waals surface area contributed by atoms with Gasteiger partial charge < -0.3 is 14.3 Å². The summed E-state index contributed by atoms with van der Waals surface area (Å²) in [5.41, 5.74) is -1.03. The molecule has 0 radical (unpaired) electrons. The van der Waals surface area contributed by atoms with Crippen molar-refractivity contribution in [2.24, 2.45) is 0 Å². The summed E-state index contributed by atoms with van der Waals surface area (Å²) in [6.45, 7) is 3.23. The minimum atomic E-state index is -0.783. The van der Waals surface area contributed by atoms with Crippen molar-refractivity contribution in [3.8, 4) is 5.75 Å². The molecule has 0 amide bonds. The molecule has 1 N–H and O–H groups in total. The van der Waals surface area contributed by atoms with Gasteiger partial charge in [-0.3, -0.25) is 4.79 Å². The van der Waals surface area contributed by atoms with Crippen molar-refractivity contribution in [2.45, 2.75) is 13.8 Å². The molecule has 0 aliphatic carbocycles. The van der Waals surface area contributed by atoms with Crippen LogP contribution in [0.15, 0.2) is 15.5 Å². The Morgan fingerprint density at radius 2 is 2.29 bits per heavy atom. The minimum absolute atomic E-state index is 0.131. The Hall–Kier alpha value is -1.78. The molecule has 1 aromatic heterocycles. The lowest BCUT2D eigenvalue weighted by Crippen LogP contribution is -2.18. The number of hydrogen-bond donors (Lipinski definition) is 1. The van der Waals surface area contributed by atoms with Crippen molar-refractivity contribution in [3.05, 3.63) is 27.8 Å². The highest BCUT2D eigenvalue weighted by atomic mass is 16.5. The zero-order chi connectivity index (χ0) is 10.7. The third kappa shape index (κ3) is 1.76. The molecule has 0 fully saturated rings. The van der Waals surface area contributed by atoms with Crippen LogP contribution in [0.3, 0.4) is 0 Å². The van der Waals surface area contributed by atoms with E-state index in [9.17, 15) is 9.59 Å². The van der Waals surface area contributed by atoms with E-state index in [2.05, 4.69) is 4.74 Å². The number of carbonyl (C=O) groups is 1. The van der Waals surface area contributed by atoms with Gasteiger partial charge in [0.2, 0.25) is 5.43 Å². The minimum Gasteiger partial charge on any atom is -0.502 e. The van der Waals surface area contributed by atoms with E-state index in [4.69, 9.17) is 9.52 Å². The lowest BCUT2D eigenvalue weighted by atomic mass is 10.2. The smallest absolute Gasteiger partial charge is 0.345 e. The van der Waals surface area contributed by atoms with Gasteiger partial charge >= 0.3 is 5.97 Å². The van der Waals surface area contributed by atoms with Crippen LogP contribution in [0.25, 0.3) is 0 Å². The Balaban J connectivity index is 3.26. The maximum absolute atomic E-state index is 11.3. The standard InChI is InChI=1S/C9H10O5/c1-3-13-9(12)7-5(2)14-4-6(10)8(7)11/h4,10H,3H2,1-2H3. The van der Waals surface area contributed by atoms with Crippen LogP contribution >= 0.6 is 0 Å². The molecule has 5 nitrogen and oxygen atoms in total. The van der Waals surface area contributed by atoms with Crippen LogP contribution in [0, 0.1) is 6.92 Å². The average molecular weight is 198 g/mol. The van der Waals surface area contributed by atoms with Crippen LogP contribution in [-0.2, 0) is 4.74 Å². The highest BCUT2D eigenvalue weighted by Crippen LogP contribution is 2.09. The van der Waals surface area contributed by atoms with E-state index in [1.165, 1.54) is 6.92 Å². The Kier molecular flexibility index (Phi) is 2.91. The number of aromatic hydroxyl groups is 1. The van der Waals surface area contributed by atoms with E-state index in [1.54, 1.807) is 6.92 Å². The van der Waals surface area contributed by atoms with Gasteiger partial charge in [0.25, 0.3) is 0 Å². The number of carbonyl (C=O) groups excluding carboxylic acids is 1. The van der Waals surface area contributed by atoms with Crippen molar-refractivity contribution in [2.75, 3.05) is 6.61 Å². The molecule has 0 atom stereocenters. The number of hydrogen-bond acceptors (Lipinski definition) is 5. The molecular formula is C9H10O5. The first kappa shape index (κ1) is 10.3. The quantitative estimate of drug-likeness (QED) is 0.712. The Morgan fingerprint density at radius 1 is 1.64 bits per heavy atom. The summed E-state index contributed by atoms with van der Waals surface area (Å²) in [6.07, 6.45) is 0.889. The van der Waals surface area contributed by atoms with E-state index in [0.717, 1.165) is 6.26 Å². The molecule has 0 aromatic carbocycles. The molecule has 0 saturated carbocycles. The van der Waals surface area contributed by atoms with Gasteiger partial charge in [0.15, 0.2) is 5.75 Å². The summed E-state index contributed by atoms with van der Waals surface area (Å²) in [6, 6.07) is 0. The van der Waals surface area contributed by atoms with Gasteiger partial charge in [-0.2, -0.15) is 0 Å². The Labute approximate surface area is 79.9 Å². The van der Waals surface area contributed by atoms with Crippen LogP contribution in [0.5, 0.6) is 5.75 Å². The van der Waals surface area contributed by atoms with Crippen molar-refractivity contribution in [1.82, 2.24) is 0 Å². The molecule has 14 heavy (non-hydrogen) atoms. The third-order valence-electron chi connectivity index (χ3n) is 1.64. The summed E-state index contributed by atoms with van der Waals surface area (Å²) in [7, 11) is 0. The third-order valence-corrected chi connectivity index (χ3v) is 1.64. The molecule has 5 heteroatoms. The summed E-state index contributed by atoms with van der Waals surface area (Å²) in [5, 5.41) is 9.03. The SMILES string of the molecule is CCOC(=O)c1c(C)occ(O)c1=O. The zero-order valence-electron chi connectivity index (χ0n) is 7.86. The zero-order valence-corrected chi connectivity index (χ0v) is 7.86. The fourth-order valence-corrected chi connectivity index (χ4v) is 0.984. The first-order chi connectivity index (χ1) is 6.57. The van der Waals surface area contributed by atoms with E-state index in [-0.39, 0.29) is 17.9 Å². The molecule has 0 spiro atoms. The molecular weight excluding hydrogens is 188 g/mol. The number of aryl methyl sites for hydroxylation is 1. The number of rotatable bonds is 2. The Bertz CT molecular complexity index is 404. The molecule has 1 heterocycles. The molecule has 1 aromatic rings. The van der Waals surface area contributed by atoms with Gasteiger partial charge in [-0.15, -0.1) is 0 Å². The van der Waals surface area contributed by atoms with Gasteiger partial charge in [0.05, 0.1) is 6.61 Å². The highest BCUT2D eigenvalue weighted by molar-refractivity contribution is 5.90. The average Bonchev–Trinajstić information content (AvgIpc) is 2.13. The first-order valence-electron chi connectivity index (χ1n) is 4.06. The Morgan fingerprint density at radius 3 is 2.86 bits per heavy atom. The molecule has 0 aliphatic heterocycles. The fourth-order valence-electron chi connectivity index (χ4n) is 0.984. The van der Waals surface area contributed by atoms with Crippen molar-refractivity contribution >= 4 is 5.97 Å². The largest absolute Gasteiger partial charge is 0.502 e. The fraction of sp³-hybridized carbons (Fsp3) is 0.333.